The van der Waals surface area contributed by atoms with Gasteiger partial charge in [-0.3, -0.25) is 5.32 Å². The number of aromatic nitrogens is 4. The Morgan fingerprint density at radius 3 is 2.62 bits per heavy atom. The van der Waals surface area contributed by atoms with E-state index in [1.54, 1.807) is 6.07 Å². The number of nitrogens with two attached hydrogens (primary N) is 1. The van der Waals surface area contributed by atoms with Crippen LogP contribution < -0.4 is 16.4 Å². The van der Waals surface area contributed by atoms with Crippen molar-refractivity contribution in [2.75, 3.05) is 16.4 Å². The minimum atomic E-state index is -0.392. The predicted octanol–water partition coefficient (Wildman–Crippen LogP) is 4.42. The quantitative estimate of drug-likeness (QED) is 0.441. The molecule has 3 aromatic heterocycles. The van der Waals surface area contributed by atoms with Crippen molar-refractivity contribution in [2.45, 2.75) is 45.4 Å². The summed E-state index contributed by atoms with van der Waals surface area (Å²) in [6.45, 7) is 6.05. The minimum Gasteiger partial charge on any atom is -0.382 e. The lowest BCUT2D eigenvalue weighted by atomic mass is 9.93. The first-order valence-electron chi connectivity index (χ1n) is 10.6. The maximum absolute atomic E-state index is 12.4. The lowest BCUT2D eigenvalue weighted by Gasteiger charge is -2.12. The van der Waals surface area contributed by atoms with Crippen molar-refractivity contribution in [1.82, 2.24) is 19.7 Å². The molecule has 0 radical (unpaired) electrons. The van der Waals surface area contributed by atoms with Crippen molar-refractivity contribution in [3.05, 3.63) is 53.7 Å². The fraction of sp³-hybridized carbons (Fsp3) is 0.304. The highest BCUT2D eigenvalue weighted by Crippen LogP contribution is 2.36. The van der Waals surface area contributed by atoms with Gasteiger partial charge in [0.2, 0.25) is 0 Å². The Bertz CT molecular complexity index is 1310. The zero-order valence-corrected chi connectivity index (χ0v) is 18.3. The van der Waals surface area contributed by atoms with E-state index in [4.69, 9.17) is 10.3 Å². The summed E-state index contributed by atoms with van der Waals surface area (Å²) in [6, 6.07) is 8.95. The Balaban J connectivity index is 1.37. The van der Waals surface area contributed by atoms with Gasteiger partial charge >= 0.3 is 6.03 Å². The Hall–Kier alpha value is -3.88. The lowest BCUT2D eigenvalue weighted by molar-refractivity contribution is 0.262. The van der Waals surface area contributed by atoms with Crippen LogP contribution in [0.15, 0.2) is 41.2 Å². The minimum absolute atomic E-state index is 0.184. The molecule has 0 atom stereocenters. The van der Waals surface area contributed by atoms with Crippen LogP contribution in [0.4, 0.5) is 22.1 Å². The van der Waals surface area contributed by atoms with E-state index in [1.807, 2.05) is 45.0 Å². The van der Waals surface area contributed by atoms with Gasteiger partial charge in [-0.25, -0.2) is 14.8 Å². The number of nitrogens with zero attached hydrogens (tertiary/aromatic N) is 4. The number of carbonyl (C=O) groups excluding carboxylic acids is 1. The maximum Gasteiger partial charge on any atom is 0.324 e. The number of hydrogen-bond donors (Lipinski definition) is 3. The molecule has 3 heterocycles. The number of anilines is 3. The first kappa shape index (κ1) is 20.0. The molecule has 164 valence electrons. The SMILES string of the molecule is CC(C)(C)c1cc(NC(=O)Nc2ccc(-n3c4c(c5ncnc(N)c53)CCC4)cc2)no1. The molecule has 0 fully saturated rings. The highest BCUT2D eigenvalue weighted by molar-refractivity contribution is 5.99. The predicted molar refractivity (Wildman–Crippen MR) is 123 cm³/mol. The van der Waals surface area contributed by atoms with Crippen LogP contribution in [0.2, 0.25) is 0 Å². The molecule has 9 heteroatoms. The summed E-state index contributed by atoms with van der Waals surface area (Å²) in [6.07, 6.45) is 4.59. The molecule has 1 aromatic carbocycles. The van der Waals surface area contributed by atoms with Crippen molar-refractivity contribution in [1.29, 1.82) is 0 Å². The van der Waals surface area contributed by atoms with E-state index >= 15 is 0 Å². The van der Waals surface area contributed by atoms with Crippen molar-refractivity contribution in [2.24, 2.45) is 0 Å². The van der Waals surface area contributed by atoms with E-state index in [0.29, 0.717) is 23.1 Å². The average Bonchev–Trinajstić information content (AvgIpc) is 3.45. The fourth-order valence-electron chi connectivity index (χ4n) is 4.14. The first-order valence-corrected chi connectivity index (χ1v) is 10.6. The Morgan fingerprint density at radius 1 is 1.12 bits per heavy atom. The number of fused-ring (bicyclic) bond motifs is 3. The number of nitrogens with one attached hydrogen (secondary N) is 2. The van der Waals surface area contributed by atoms with Gasteiger partial charge in [-0.05, 0) is 49.1 Å². The second-order valence-corrected chi connectivity index (χ2v) is 9.02. The van der Waals surface area contributed by atoms with Crippen molar-refractivity contribution >= 4 is 34.4 Å². The van der Waals surface area contributed by atoms with E-state index < -0.39 is 6.03 Å². The third-order valence-electron chi connectivity index (χ3n) is 5.69. The van der Waals surface area contributed by atoms with Gasteiger partial charge in [0, 0.05) is 28.6 Å². The molecule has 32 heavy (non-hydrogen) atoms. The smallest absolute Gasteiger partial charge is 0.324 e. The van der Waals surface area contributed by atoms with Gasteiger partial charge in [0.05, 0.1) is 5.52 Å². The summed E-state index contributed by atoms with van der Waals surface area (Å²) < 4.78 is 7.44. The van der Waals surface area contributed by atoms with Gasteiger partial charge in [-0.15, -0.1) is 0 Å². The number of benzene rings is 1. The van der Waals surface area contributed by atoms with Crippen LogP contribution in [-0.2, 0) is 18.3 Å². The summed E-state index contributed by atoms with van der Waals surface area (Å²) in [7, 11) is 0. The van der Waals surface area contributed by atoms with Gasteiger partial charge in [0.15, 0.2) is 11.6 Å². The second-order valence-electron chi connectivity index (χ2n) is 9.02. The van der Waals surface area contributed by atoms with Gasteiger partial charge in [-0.1, -0.05) is 25.9 Å². The molecule has 1 aliphatic carbocycles. The average molecular weight is 432 g/mol. The molecule has 4 N–H and O–H groups in total. The van der Waals surface area contributed by atoms with Crippen LogP contribution in [0.25, 0.3) is 16.7 Å². The van der Waals surface area contributed by atoms with E-state index in [0.717, 1.165) is 36.0 Å². The monoisotopic (exact) mass is 431 g/mol. The summed E-state index contributed by atoms with van der Waals surface area (Å²) in [4.78, 5) is 21.1. The molecule has 9 nitrogen and oxygen atoms in total. The van der Waals surface area contributed by atoms with Gasteiger partial charge in [-0.2, -0.15) is 0 Å². The van der Waals surface area contributed by atoms with E-state index in [-0.39, 0.29) is 5.41 Å². The molecular formula is C23H25N7O2. The van der Waals surface area contributed by atoms with Crippen LogP contribution in [0.3, 0.4) is 0 Å². The molecule has 0 aliphatic heterocycles. The highest BCUT2D eigenvalue weighted by Gasteiger charge is 2.25. The molecule has 0 saturated heterocycles. The molecule has 0 unspecified atom stereocenters. The number of hydrogen-bond acceptors (Lipinski definition) is 6. The van der Waals surface area contributed by atoms with E-state index in [9.17, 15) is 4.79 Å². The molecule has 0 bridgehead atoms. The Kier molecular flexibility index (Phi) is 4.61. The number of carbonyl (C=O) groups is 1. The summed E-state index contributed by atoms with van der Waals surface area (Å²) >= 11 is 0. The molecule has 2 amide bonds. The zero-order valence-electron chi connectivity index (χ0n) is 18.3. The molecule has 4 aromatic rings. The number of rotatable bonds is 3. The summed E-state index contributed by atoms with van der Waals surface area (Å²) in [5.74, 6) is 1.54. The normalized spacial score (nSPS) is 13.3. The Labute approximate surface area is 185 Å². The lowest BCUT2D eigenvalue weighted by Crippen LogP contribution is -2.19. The van der Waals surface area contributed by atoms with Crippen LogP contribution >= 0.6 is 0 Å². The number of amides is 2. The van der Waals surface area contributed by atoms with E-state index in [2.05, 4.69) is 30.3 Å². The topological polar surface area (TPSA) is 124 Å². The van der Waals surface area contributed by atoms with Gasteiger partial charge in [0.25, 0.3) is 0 Å². The number of aryl methyl sites for hydroxylation is 1. The van der Waals surface area contributed by atoms with Gasteiger partial charge < -0.3 is 20.1 Å². The van der Waals surface area contributed by atoms with Crippen LogP contribution in [0, 0.1) is 0 Å². The van der Waals surface area contributed by atoms with Crippen LogP contribution in [0.5, 0.6) is 0 Å². The van der Waals surface area contributed by atoms with Crippen molar-refractivity contribution in [3.63, 3.8) is 0 Å². The Morgan fingerprint density at radius 2 is 1.91 bits per heavy atom. The van der Waals surface area contributed by atoms with Crippen molar-refractivity contribution in [3.8, 4) is 5.69 Å². The number of nitrogen functional groups attached to an aromatic ring is 1. The van der Waals surface area contributed by atoms with Crippen LogP contribution in [0.1, 0.15) is 44.2 Å². The highest BCUT2D eigenvalue weighted by atomic mass is 16.5. The molecule has 1 aliphatic rings. The largest absolute Gasteiger partial charge is 0.382 e. The van der Waals surface area contributed by atoms with Gasteiger partial charge in [0.1, 0.15) is 17.6 Å². The molecule has 0 spiro atoms. The first-order chi connectivity index (χ1) is 15.3. The molecule has 0 saturated carbocycles. The van der Waals surface area contributed by atoms with Crippen LogP contribution in [-0.4, -0.2) is 25.7 Å². The third-order valence-corrected chi connectivity index (χ3v) is 5.69. The van der Waals surface area contributed by atoms with Crippen molar-refractivity contribution < 1.29 is 9.32 Å². The second kappa shape index (κ2) is 7.37. The summed E-state index contributed by atoms with van der Waals surface area (Å²) in [5, 5.41) is 9.43. The molecular weight excluding hydrogens is 406 g/mol. The zero-order chi connectivity index (χ0) is 22.5. The third kappa shape index (κ3) is 3.45. The van der Waals surface area contributed by atoms with E-state index in [1.165, 1.54) is 17.6 Å². The summed E-state index contributed by atoms with van der Waals surface area (Å²) in [5.41, 5.74) is 11.9. The molecule has 5 rings (SSSR count). The fourth-order valence-corrected chi connectivity index (χ4v) is 4.14. The maximum atomic E-state index is 12.4. The standard InChI is InChI=1S/C23H25N7O2/c1-23(2,3)17-11-18(29-32-17)28-22(31)27-13-7-9-14(10-8-13)30-16-6-4-5-15(16)19-20(30)21(24)26-12-25-19/h7-12H,4-6H2,1-3H3,(H2,24,25,26)(H2,27,28,29,31). The number of urea groups is 1.